The number of carbonyl (C=O) groups excluding carboxylic acids is 4. The third-order valence-electron chi connectivity index (χ3n) is 6.18. The predicted octanol–water partition coefficient (Wildman–Crippen LogP) is 2.03. The molecule has 3 amide bonds. The van der Waals surface area contributed by atoms with Crippen LogP contribution in [0.4, 0.5) is 5.69 Å². The van der Waals surface area contributed by atoms with Gasteiger partial charge < -0.3 is 14.8 Å². The Morgan fingerprint density at radius 1 is 1.06 bits per heavy atom. The van der Waals surface area contributed by atoms with Crippen molar-refractivity contribution in [3.63, 3.8) is 0 Å². The molecule has 2 aliphatic carbocycles. The summed E-state index contributed by atoms with van der Waals surface area (Å²) in [5.74, 6) is -2.88. The van der Waals surface area contributed by atoms with Gasteiger partial charge in [0.2, 0.25) is 11.8 Å². The van der Waals surface area contributed by atoms with E-state index in [0.717, 1.165) is 4.90 Å². The number of anilines is 1. The van der Waals surface area contributed by atoms with Crippen LogP contribution >= 0.6 is 23.2 Å². The number of nitrogens with one attached hydrogen (secondary N) is 1. The molecule has 0 aromatic heterocycles. The van der Waals surface area contributed by atoms with Crippen LogP contribution < -0.4 is 10.1 Å². The number of alkyl halides is 2. The van der Waals surface area contributed by atoms with E-state index >= 15 is 0 Å². The lowest BCUT2D eigenvalue weighted by molar-refractivity contribution is -0.154. The second kappa shape index (κ2) is 8.67. The van der Waals surface area contributed by atoms with Crippen LogP contribution in [0.15, 0.2) is 24.3 Å². The monoisotopic (exact) mass is 468 g/mol. The van der Waals surface area contributed by atoms with Gasteiger partial charge >= 0.3 is 5.97 Å². The van der Waals surface area contributed by atoms with E-state index in [2.05, 4.69) is 5.32 Å². The molecule has 3 fully saturated rings. The molecule has 1 aromatic carbocycles. The van der Waals surface area contributed by atoms with Gasteiger partial charge in [0, 0.05) is 5.69 Å². The van der Waals surface area contributed by atoms with Crippen molar-refractivity contribution < 1.29 is 28.7 Å². The third kappa shape index (κ3) is 3.99. The highest BCUT2D eigenvalue weighted by Gasteiger charge is 2.66. The summed E-state index contributed by atoms with van der Waals surface area (Å²) in [6, 6.07) is 6.73. The zero-order valence-corrected chi connectivity index (χ0v) is 18.3. The normalized spacial score (nSPS) is 31.0. The average Bonchev–Trinajstić information content (AvgIpc) is 3.35. The van der Waals surface area contributed by atoms with Crippen LogP contribution in [0.1, 0.15) is 13.3 Å². The van der Waals surface area contributed by atoms with E-state index in [1.165, 1.54) is 0 Å². The lowest BCUT2D eigenvalue weighted by Gasteiger charge is -2.28. The topological polar surface area (TPSA) is 102 Å². The number of nitrogens with zero attached hydrogens (tertiary/aromatic N) is 1. The fourth-order valence-electron chi connectivity index (χ4n) is 4.89. The molecule has 1 heterocycles. The zero-order valence-electron chi connectivity index (χ0n) is 16.8. The minimum atomic E-state index is -0.833. The lowest BCUT2D eigenvalue weighted by atomic mass is 9.80. The van der Waals surface area contributed by atoms with E-state index < -0.39 is 48.7 Å². The molecule has 31 heavy (non-hydrogen) atoms. The van der Waals surface area contributed by atoms with Crippen molar-refractivity contribution in [2.45, 2.75) is 24.1 Å². The maximum atomic E-state index is 12.7. The van der Waals surface area contributed by atoms with Crippen molar-refractivity contribution in [2.24, 2.45) is 23.7 Å². The number of ether oxygens (including phenoxy) is 2. The Morgan fingerprint density at radius 3 is 2.19 bits per heavy atom. The Morgan fingerprint density at radius 2 is 1.65 bits per heavy atom. The molecule has 8 nitrogen and oxygen atoms in total. The van der Waals surface area contributed by atoms with Crippen LogP contribution in [0.25, 0.3) is 0 Å². The number of carbonyl (C=O) groups is 4. The Labute approximate surface area is 189 Å². The molecule has 6 atom stereocenters. The summed E-state index contributed by atoms with van der Waals surface area (Å²) >= 11 is 12.6. The van der Waals surface area contributed by atoms with E-state index in [1.807, 2.05) is 6.92 Å². The minimum Gasteiger partial charge on any atom is -0.494 e. The summed E-state index contributed by atoms with van der Waals surface area (Å²) in [6.45, 7) is 1.34. The summed E-state index contributed by atoms with van der Waals surface area (Å²) in [7, 11) is 0. The first-order chi connectivity index (χ1) is 14.8. The van der Waals surface area contributed by atoms with Crippen LogP contribution in [0.2, 0.25) is 0 Å². The second-order valence-corrected chi connectivity index (χ2v) is 8.94. The first-order valence-electron chi connectivity index (χ1n) is 10.1. The number of likely N-dealkylation sites (tertiary alicyclic amines) is 1. The highest BCUT2D eigenvalue weighted by atomic mass is 35.5. The molecule has 0 unspecified atom stereocenters. The Kier molecular flexibility index (Phi) is 6.12. The van der Waals surface area contributed by atoms with E-state index in [1.54, 1.807) is 24.3 Å². The molecular weight excluding hydrogens is 447 g/mol. The average molecular weight is 469 g/mol. The van der Waals surface area contributed by atoms with Crippen LogP contribution in [-0.4, -0.2) is 59.1 Å². The summed E-state index contributed by atoms with van der Waals surface area (Å²) in [5, 5.41) is 1.87. The van der Waals surface area contributed by atoms with Crippen LogP contribution in [0, 0.1) is 23.7 Å². The van der Waals surface area contributed by atoms with Crippen LogP contribution in [0.5, 0.6) is 5.75 Å². The standard InChI is InChI=1S/C21H22Cl2N2O6/c1-2-30-11-5-3-10(4-6-11)24-14(26)9-31-15(27)8-25-20(28)16-12-7-13(17(16)21(25)29)19(23)18(12)22/h3-6,12-13,16-19H,2,7-9H2,1H3,(H,24,26)/t12-,13-,16-,17-,18-,19+/m1/s1. The second-order valence-electron chi connectivity index (χ2n) is 7.93. The van der Waals surface area contributed by atoms with Crippen molar-refractivity contribution in [3.8, 4) is 5.75 Å². The van der Waals surface area contributed by atoms with E-state index in [0.29, 0.717) is 24.5 Å². The third-order valence-corrected chi connectivity index (χ3v) is 7.50. The largest absolute Gasteiger partial charge is 0.494 e. The van der Waals surface area contributed by atoms with E-state index in [4.69, 9.17) is 32.7 Å². The molecular formula is C21H22Cl2N2O6. The number of esters is 1. The van der Waals surface area contributed by atoms with Gasteiger partial charge in [0.1, 0.15) is 12.3 Å². The quantitative estimate of drug-likeness (QED) is 0.373. The fraction of sp³-hybridized carbons (Fsp3) is 0.524. The predicted molar refractivity (Wildman–Crippen MR) is 112 cm³/mol. The highest BCUT2D eigenvalue weighted by Crippen LogP contribution is 2.59. The number of rotatable bonds is 7. The van der Waals surface area contributed by atoms with Gasteiger partial charge in [0.05, 0.1) is 29.2 Å². The van der Waals surface area contributed by atoms with Crippen LogP contribution in [0.3, 0.4) is 0 Å². The molecule has 166 valence electrons. The number of imide groups is 1. The number of amides is 3. The molecule has 2 bridgehead atoms. The summed E-state index contributed by atoms with van der Waals surface area (Å²) in [6.07, 6.45) is 0.652. The Balaban J connectivity index is 1.28. The molecule has 1 aliphatic heterocycles. The van der Waals surface area contributed by atoms with Crippen molar-refractivity contribution >= 4 is 52.6 Å². The van der Waals surface area contributed by atoms with Gasteiger partial charge in [0.25, 0.3) is 5.91 Å². The van der Waals surface area contributed by atoms with Crippen molar-refractivity contribution in [1.82, 2.24) is 4.90 Å². The minimum absolute atomic E-state index is 0.156. The Bertz CT molecular complexity index is 876. The van der Waals surface area contributed by atoms with Gasteiger partial charge in [-0.05, 0) is 49.4 Å². The van der Waals surface area contributed by atoms with Gasteiger partial charge in [-0.25, -0.2) is 0 Å². The summed E-state index contributed by atoms with van der Waals surface area (Å²) < 4.78 is 10.3. The van der Waals surface area contributed by atoms with Gasteiger partial charge in [-0.2, -0.15) is 0 Å². The molecule has 4 rings (SSSR count). The first kappa shape index (κ1) is 21.9. The van der Waals surface area contributed by atoms with Gasteiger partial charge in [-0.15, -0.1) is 23.2 Å². The molecule has 3 aliphatic rings. The van der Waals surface area contributed by atoms with Crippen molar-refractivity contribution in [3.05, 3.63) is 24.3 Å². The highest BCUT2D eigenvalue weighted by molar-refractivity contribution is 6.31. The van der Waals surface area contributed by atoms with Crippen molar-refractivity contribution in [2.75, 3.05) is 25.1 Å². The maximum absolute atomic E-state index is 12.7. The number of hydrogen-bond donors (Lipinski definition) is 1. The van der Waals surface area contributed by atoms with Gasteiger partial charge in [0.15, 0.2) is 6.61 Å². The number of hydrogen-bond acceptors (Lipinski definition) is 6. The van der Waals surface area contributed by atoms with E-state index in [-0.39, 0.29) is 22.6 Å². The molecule has 1 aromatic rings. The number of benzene rings is 1. The van der Waals surface area contributed by atoms with Gasteiger partial charge in [-0.3, -0.25) is 24.1 Å². The van der Waals surface area contributed by atoms with E-state index in [9.17, 15) is 19.2 Å². The molecule has 0 radical (unpaired) electrons. The molecule has 1 saturated heterocycles. The smallest absolute Gasteiger partial charge is 0.326 e. The molecule has 2 saturated carbocycles. The number of halogens is 2. The van der Waals surface area contributed by atoms with Crippen LogP contribution in [-0.2, 0) is 23.9 Å². The SMILES string of the molecule is CCOc1ccc(NC(=O)COC(=O)CN2C(=O)[C@@H]3[C@H]4C[C@@H]([C@@H](Cl)[C@H]4Cl)[C@H]3C2=O)cc1. The Hall–Kier alpha value is -2.32. The molecule has 10 heteroatoms. The summed E-state index contributed by atoms with van der Waals surface area (Å²) in [5.41, 5.74) is 0.518. The fourth-order valence-corrected chi connectivity index (χ4v) is 5.78. The molecule has 0 spiro atoms. The molecule has 1 N–H and O–H groups in total. The maximum Gasteiger partial charge on any atom is 0.326 e. The first-order valence-corrected chi connectivity index (χ1v) is 11.0. The number of fused-ring (bicyclic) bond motifs is 5. The zero-order chi connectivity index (χ0) is 22.3. The van der Waals surface area contributed by atoms with Gasteiger partial charge in [-0.1, -0.05) is 0 Å². The lowest BCUT2D eigenvalue weighted by Crippen LogP contribution is -2.38. The van der Waals surface area contributed by atoms with Crippen molar-refractivity contribution in [1.29, 1.82) is 0 Å². The summed E-state index contributed by atoms with van der Waals surface area (Å²) in [4.78, 5) is 50.6.